The van der Waals surface area contributed by atoms with Crippen LogP contribution in [-0.2, 0) is 6.42 Å². The van der Waals surface area contributed by atoms with Crippen LogP contribution in [0.4, 0.5) is 0 Å². The van der Waals surface area contributed by atoms with E-state index in [2.05, 4.69) is 15.0 Å². The molecule has 0 saturated heterocycles. The standard InChI is InChI=1S/C8H10N4O/c1-13-8-4-2-3-7(11-8)5-6-10-12-9/h2-4H,5-6H2,1H3. The van der Waals surface area contributed by atoms with Crippen molar-refractivity contribution in [3.8, 4) is 5.88 Å². The van der Waals surface area contributed by atoms with Gasteiger partial charge in [-0.2, -0.15) is 0 Å². The minimum Gasteiger partial charge on any atom is -0.481 e. The summed E-state index contributed by atoms with van der Waals surface area (Å²) in [6.45, 7) is 0.427. The van der Waals surface area contributed by atoms with Gasteiger partial charge in [0, 0.05) is 23.2 Å². The summed E-state index contributed by atoms with van der Waals surface area (Å²) in [7, 11) is 1.57. The molecule has 1 heterocycles. The average molecular weight is 178 g/mol. The van der Waals surface area contributed by atoms with Crippen molar-refractivity contribution in [2.45, 2.75) is 6.42 Å². The highest BCUT2D eigenvalue weighted by Crippen LogP contribution is 2.06. The lowest BCUT2D eigenvalue weighted by Crippen LogP contribution is -1.95. The van der Waals surface area contributed by atoms with E-state index in [0.717, 1.165) is 5.69 Å². The van der Waals surface area contributed by atoms with Gasteiger partial charge in [0.25, 0.3) is 0 Å². The molecule has 1 aromatic rings. The molecule has 0 aliphatic rings. The summed E-state index contributed by atoms with van der Waals surface area (Å²) in [6, 6.07) is 5.50. The number of rotatable bonds is 4. The second-order valence-electron chi connectivity index (χ2n) is 2.38. The molecule has 0 aliphatic carbocycles. The molecule has 0 radical (unpaired) electrons. The Morgan fingerprint density at radius 3 is 3.15 bits per heavy atom. The fraction of sp³-hybridized carbons (Fsp3) is 0.375. The molecule has 0 amide bonds. The molecule has 1 rings (SSSR count). The Hall–Kier alpha value is -1.74. The van der Waals surface area contributed by atoms with E-state index in [4.69, 9.17) is 10.3 Å². The van der Waals surface area contributed by atoms with Crippen LogP contribution in [0.25, 0.3) is 10.4 Å². The first-order valence-corrected chi connectivity index (χ1v) is 3.87. The number of ether oxygens (including phenoxy) is 1. The van der Waals surface area contributed by atoms with Crippen molar-refractivity contribution in [1.29, 1.82) is 0 Å². The molecule has 0 bridgehead atoms. The molecular weight excluding hydrogens is 168 g/mol. The SMILES string of the molecule is COc1cccc(CCN=[N+]=[N-])n1. The quantitative estimate of drug-likeness (QED) is 0.401. The first kappa shape index (κ1) is 9.35. The Morgan fingerprint density at radius 2 is 2.46 bits per heavy atom. The van der Waals surface area contributed by atoms with Crippen LogP contribution in [0.2, 0.25) is 0 Å². The highest BCUT2D eigenvalue weighted by molar-refractivity contribution is 5.15. The molecule has 0 aromatic carbocycles. The van der Waals surface area contributed by atoms with Gasteiger partial charge in [-0.3, -0.25) is 0 Å². The van der Waals surface area contributed by atoms with Gasteiger partial charge < -0.3 is 4.74 Å². The van der Waals surface area contributed by atoms with Crippen LogP contribution in [-0.4, -0.2) is 18.6 Å². The van der Waals surface area contributed by atoms with Crippen molar-refractivity contribution in [3.05, 3.63) is 34.3 Å². The Morgan fingerprint density at radius 1 is 1.62 bits per heavy atom. The summed E-state index contributed by atoms with van der Waals surface area (Å²) in [5.41, 5.74) is 8.93. The first-order valence-electron chi connectivity index (χ1n) is 3.87. The summed E-state index contributed by atoms with van der Waals surface area (Å²) in [6.07, 6.45) is 0.640. The van der Waals surface area contributed by atoms with Crippen molar-refractivity contribution in [1.82, 2.24) is 4.98 Å². The Balaban J connectivity index is 2.60. The zero-order valence-corrected chi connectivity index (χ0v) is 7.34. The van der Waals surface area contributed by atoms with Crippen LogP contribution in [0, 0.1) is 0 Å². The van der Waals surface area contributed by atoms with Crippen LogP contribution in [0.3, 0.4) is 0 Å². The highest BCUT2D eigenvalue weighted by Gasteiger charge is 1.95. The van der Waals surface area contributed by atoms with Gasteiger partial charge in [-0.1, -0.05) is 11.2 Å². The summed E-state index contributed by atoms with van der Waals surface area (Å²) in [5, 5.41) is 3.42. The maximum absolute atomic E-state index is 8.06. The minimum atomic E-state index is 0.427. The largest absolute Gasteiger partial charge is 0.481 e. The number of hydrogen-bond acceptors (Lipinski definition) is 3. The second-order valence-corrected chi connectivity index (χ2v) is 2.38. The van der Waals surface area contributed by atoms with E-state index >= 15 is 0 Å². The van der Waals surface area contributed by atoms with Crippen LogP contribution in [0.1, 0.15) is 5.69 Å². The van der Waals surface area contributed by atoms with E-state index in [0.29, 0.717) is 18.8 Å². The molecule has 0 unspecified atom stereocenters. The predicted molar refractivity (Wildman–Crippen MR) is 48.5 cm³/mol. The minimum absolute atomic E-state index is 0.427. The third-order valence-electron chi connectivity index (χ3n) is 1.52. The average Bonchev–Trinajstić information content (AvgIpc) is 2.19. The van der Waals surface area contributed by atoms with E-state index < -0.39 is 0 Å². The molecule has 68 valence electrons. The third kappa shape index (κ3) is 3.01. The van der Waals surface area contributed by atoms with E-state index in [1.54, 1.807) is 13.2 Å². The van der Waals surface area contributed by atoms with E-state index in [9.17, 15) is 0 Å². The molecule has 0 saturated carbocycles. The van der Waals surface area contributed by atoms with Crippen molar-refractivity contribution >= 4 is 0 Å². The zero-order valence-electron chi connectivity index (χ0n) is 7.34. The van der Waals surface area contributed by atoms with Gasteiger partial charge in [0.2, 0.25) is 5.88 Å². The number of azide groups is 1. The Bertz CT molecular complexity index is 320. The van der Waals surface area contributed by atoms with Gasteiger partial charge >= 0.3 is 0 Å². The zero-order chi connectivity index (χ0) is 9.52. The number of aromatic nitrogens is 1. The molecule has 0 aliphatic heterocycles. The topological polar surface area (TPSA) is 70.9 Å². The van der Waals surface area contributed by atoms with Crippen molar-refractivity contribution in [2.75, 3.05) is 13.7 Å². The number of nitrogens with zero attached hydrogens (tertiary/aromatic N) is 4. The molecule has 5 heteroatoms. The molecule has 0 N–H and O–H groups in total. The number of pyridine rings is 1. The van der Waals surface area contributed by atoms with Gasteiger partial charge in [-0.15, -0.1) is 0 Å². The van der Waals surface area contributed by atoms with Gasteiger partial charge in [0.15, 0.2) is 0 Å². The maximum atomic E-state index is 8.06. The van der Waals surface area contributed by atoms with Crippen LogP contribution in [0.5, 0.6) is 5.88 Å². The first-order chi connectivity index (χ1) is 6.36. The molecule has 1 aromatic heterocycles. The van der Waals surface area contributed by atoms with E-state index in [1.165, 1.54) is 0 Å². The lowest BCUT2D eigenvalue weighted by Gasteiger charge is -2.00. The Kier molecular flexibility index (Phi) is 3.60. The monoisotopic (exact) mass is 178 g/mol. The fourth-order valence-electron chi connectivity index (χ4n) is 0.920. The molecule has 13 heavy (non-hydrogen) atoms. The second kappa shape index (κ2) is 5.00. The van der Waals surface area contributed by atoms with Gasteiger partial charge in [0.05, 0.1) is 7.11 Å². The number of hydrogen-bond donors (Lipinski definition) is 0. The van der Waals surface area contributed by atoms with E-state index in [-0.39, 0.29) is 0 Å². The van der Waals surface area contributed by atoms with Gasteiger partial charge in [-0.05, 0) is 18.0 Å². The van der Waals surface area contributed by atoms with Crippen molar-refractivity contribution in [3.63, 3.8) is 0 Å². The summed E-state index contributed by atoms with van der Waals surface area (Å²) >= 11 is 0. The predicted octanol–water partition coefficient (Wildman–Crippen LogP) is 1.94. The summed E-state index contributed by atoms with van der Waals surface area (Å²) in [4.78, 5) is 6.82. The molecule has 0 spiro atoms. The maximum Gasteiger partial charge on any atom is 0.213 e. The lowest BCUT2D eigenvalue weighted by atomic mass is 10.3. The van der Waals surface area contributed by atoms with Gasteiger partial charge in [-0.25, -0.2) is 4.98 Å². The number of methoxy groups -OCH3 is 1. The molecule has 0 atom stereocenters. The van der Waals surface area contributed by atoms with Gasteiger partial charge in [0.1, 0.15) is 0 Å². The van der Waals surface area contributed by atoms with Crippen molar-refractivity contribution < 1.29 is 4.74 Å². The summed E-state index contributed by atoms with van der Waals surface area (Å²) < 4.78 is 4.95. The molecule has 0 fully saturated rings. The highest BCUT2D eigenvalue weighted by atomic mass is 16.5. The van der Waals surface area contributed by atoms with Crippen molar-refractivity contribution in [2.24, 2.45) is 5.11 Å². The Labute approximate surface area is 76.0 Å². The third-order valence-corrected chi connectivity index (χ3v) is 1.52. The van der Waals surface area contributed by atoms with Crippen LogP contribution >= 0.6 is 0 Å². The lowest BCUT2D eigenvalue weighted by molar-refractivity contribution is 0.396. The summed E-state index contributed by atoms with van der Waals surface area (Å²) in [5.74, 6) is 0.582. The van der Waals surface area contributed by atoms with Crippen LogP contribution < -0.4 is 4.74 Å². The normalized spacial score (nSPS) is 9.00. The van der Waals surface area contributed by atoms with E-state index in [1.807, 2.05) is 12.1 Å². The smallest absolute Gasteiger partial charge is 0.213 e. The fourth-order valence-corrected chi connectivity index (χ4v) is 0.920. The molecular formula is C8H10N4O. The molecule has 5 nitrogen and oxygen atoms in total. The van der Waals surface area contributed by atoms with Crippen LogP contribution in [0.15, 0.2) is 23.3 Å².